The second kappa shape index (κ2) is 6.93. The van der Waals surface area contributed by atoms with Crippen LogP contribution in [0.5, 0.6) is 0 Å². The average molecular weight is 340 g/mol. The van der Waals surface area contributed by atoms with E-state index in [1.165, 1.54) is 24.1 Å². The highest BCUT2D eigenvalue weighted by molar-refractivity contribution is 5.93. The van der Waals surface area contributed by atoms with Crippen molar-refractivity contribution in [1.82, 2.24) is 9.55 Å². The maximum atomic E-state index is 12.0. The number of hydrogen-bond donors (Lipinski definition) is 0. The molecular weight excluding hydrogens is 320 g/mol. The number of aryl methyl sites for hydroxylation is 2. The van der Waals surface area contributed by atoms with E-state index in [1.807, 2.05) is 4.57 Å². The first-order valence-electron chi connectivity index (χ1n) is 8.23. The molecule has 1 aliphatic rings. The van der Waals surface area contributed by atoms with Gasteiger partial charge in [0, 0.05) is 13.0 Å². The monoisotopic (exact) mass is 340 g/mol. The van der Waals surface area contributed by atoms with E-state index >= 15 is 0 Å². The lowest BCUT2D eigenvalue weighted by Gasteiger charge is -2.19. The van der Waals surface area contributed by atoms with Gasteiger partial charge < -0.3 is 14.0 Å². The van der Waals surface area contributed by atoms with Crippen LogP contribution in [0.15, 0.2) is 30.3 Å². The van der Waals surface area contributed by atoms with Gasteiger partial charge in [-0.3, -0.25) is 4.79 Å². The molecule has 1 aromatic heterocycles. The van der Waals surface area contributed by atoms with Crippen LogP contribution in [0.25, 0.3) is 11.8 Å². The number of fused-ring (bicyclic) bond motifs is 3. The van der Waals surface area contributed by atoms with E-state index in [4.69, 9.17) is 9.47 Å². The molecule has 2 heterocycles. The quantitative estimate of drug-likeness (QED) is 0.486. The second-order valence-electron chi connectivity index (χ2n) is 5.90. The molecule has 6 nitrogen and oxygen atoms in total. The highest BCUT2D eigenvalue weighted by Gasteiger charge is 2.22. The molecule has 0 aliphatic carbocycles. The molecule has 1 aromatic carbocycles. The molecule has 3 rings (SSSR count). The van der Waals surface area contributed by atoms with Gasteiger partial charge in [-0.05, 0) is 38.3 Å². The number of rotatable bonds is 4. The molecule has 1 aliphatic heterocycles. The smallest absolute Gasteiger partial charge is 0.374 e. The largest absolute Gasteiger partial charge is 0.460 e. The summed E-state index contributed by atoms with van der Waals surface area (Å²) in [5, 5.41) is 0. The molecule has 0 amide bonds. The fourth-order valence-corrected chi connectivity index (χ4v) is 2.98. The summed E-state index contributed by atoms with van der Waals surface area (Å²) in [5.41, 5.74) is 5.16. The number of carbonyl (C=O) groups excluding carboxylic acids is 2. The fourth-order valence-electron chi connectivity index (χ4n) is 2.98. The SMILES string of the molecule is CCOC(=O)/C(=C/c1ncn2c1CCc1cc(C)ccc1-2)OC(C)=O. The number of aromatic nitrogens is 2. The Hall–Kier alpha value is -2.89. The number of imidazole rings is 1. The predicted molar refractivity (Wildman–Crippen MR) is 92.1 cm³/mol. The van der Waals surface area contributed by atoms with E-state index in [2.05, 4.69) is 30.1 Å². The van der Waals surface area contributed by atoms with Gasteiger partial charge in [0.1, 0.15) is 6.33 Å². The van der Waals surface area contributed by atoms with Gasteiger partial charge in [0.15, 0.2) is 0 Å². The van der Waals surface area contributed by atoms with E-state index in [0.29, 0.717) is 5.69 Å². The van der Waals surface area contributed by atoms with Gasteiger partial charge in [-0.2, -0.15) is 0 Å². The standard InChI is InChI=1S/C19H20N2O4/c1-4-24-19(23)18(25-13(3)22)10-15-17-8-6-14-9-12(2)5-7-16(14)21(17)11-20-15/h5,7,9-11H,4,6,8H2,1-3H3/b18-10-. The van der Waals surface area contributed by atoms with Gasteiger partial charge in [0.2, 0.25) is 5.76 Å². The molecule has 0 saturated carbocycles. The van der Waals surface area contributed by atoms with Gasteiger partial charge in [-0.25, -0.2) is 9.78 Å². The first kappa shape index (κ1) is 17.0. The van der Waals surface area contributed by atoms with Crippen molar-refractivity contribution < 1.29 is 19.1 Å². The van der Waals surface area contributed by atoms with Crippen molar-refractivity contribution in [3.8, 4) is 5.69 Å². The molecule has 0 fully saturated rings. The van der Waals surface area contributed by atoms with Gasteiger partial charge in [0.25, 0.3) is 0 Å². The third-order valence-electron chi connectivity index (χ3n) is 4.02. The molecule has 0 atom stereocenters. The normalized spacial score (nSPS) is 13.0. The molecule has 25 heavy (non-hydrogen) atoms. The molecule has 130 valence electrons. The minimum atomic E-state index is -0.675. The van der Waals surface area contributed by atoms with Crippen LogP contribution in [0.3, 0.4) is 0 Å². The molecule has 0 radical (unpaired) electrons. The zero-order valence-electron chi connectivity index (χ0n) is 14.5. The van der Waals surface area contributed by atoms with Crippen molar-refractivity contribution in [2.24, 2.45) is 0 Å². The van der Waals surface area contributed by atoms with Crippen LogP contribution in [-0.4, -0.2) is 28.1 Å². The van der Waals surface area contributed by atoms with Crippen LogP contribution in [0.4, 0.5) is 0 Å². The zero-order valence-corrected chi connectivity index (χ0v) is 14.5. The predicted octanol–water partition coefficient (Wildman–Crippen LogP) is 2.75. The van der Waals surface area contributed by atoms with Gasteiger partial charge >= 0.3 is 11.9 Å². The number of benzene rings is 1. The summed E-state index contributed by atoms with van der Waals surface area (Å²) >= 11 is 0. The van der Waals surface area contributed by atoms with E-state index in [9.17, 15) is 9.59 Å². The summed E-state index contributed by atoms with van der Waals surface area (Å²) in [7, 11) is 0. The number of nitrogens with zero attached hydrogens (tertiary/aromatic N) is 2. The molecular formula is C19H20N2O4. The molecule has 0 saturated heterocycles. The minimum Gasteiger partial charge on any atom is -0.460 e. The Morgan fingerprint density at radius 2 is 2.12 bits per heavy atom. The van der Waals surface area contributed by atoms with Crippen LogP contribution >= 0.6 is 0 Å². The third-order valence-corrected chi connectivity index (χ3v) is 4.02. The van der Waals surface area contributed by atoms with Gasteiger partial charge in [0.05, 0.1) is 23.7 Å². The minimum absolute atomic E-state index is 0.148. The number of hydrogen-bond acceptors (Lipinski definition) is 5. The fraction of sp³-hybridized carbons (Fsp3) is 0.316. The zero-order chi connectivity index (χ0) is 18.0. The highest BCUT2D eigenvalue weighted by atomic mass is 16.6. The Morgan fingerprint density at radius 3 is 2.84 bits per heavy atom. The van der Waals surface area contributed by atoms with Crippen molar-refractivity contribution in [2.45, 2.75) is 33.6 Å². The molecule has 6 heteroatoms. The van der Waals surface area contributed by atoms with Crippen LogP contribution in [0.2, 0.25) is 0 Å². The lowest BCUT2D eigenvalue weighted by Crippen LogP contribution is -2.14. The Bertz CT molecular complexity index is 864. The van der Waals surface area contributed by atoms with E-state index < -0.39 is 11.9 Å². The Kier molecular flexibility index (Phi) is 4.70. The molecule has 0 N–H and O–H groups in total. The number of ether oxygens (including phenoxy) is 2. The average Bonchev–Trinajstić information content (AvgIpc) is 2.97. The Morgan fingerprint density at radius 1 is 1.32 bits per heavy atom. The van der Waals surface area contributed by atoms with Crippen molar-refractivity contribution in [2.75, 3.05) is 6.61 Å². The topological polar surface area (TPSA) is 70.4 Å². The summed E-state index contributed by atoms with van der Waals surface area (Å²) in [4.78, 5) is 27.7. The Labute approximate surface area is 146 Å². The van der Waals surface area contributed by atoms with Crippen molar-refractivity contribution >= 4 is 18.0 Å². The molecule has 0 spiro atoms. The lowest BCUT2D eigenvalue weighted by atomic mass is 9.99. The first-order valence-corrected chi connectivity index (χ1v) is 8.23. The first-order chi connectivity index (χ1) is 12.0. The summed E-state index contributed by atoms with van der Waals surface area (Å²) in [5.74, 6) is -1.40. The highest BCUT2D eigenvalue weighted by Crippen LogP contribution is 2.28. The Balaban J connectivity index is 2.00. The summed E-state index contributed by atoms with van der Waals surface area (Å²) < 4.78 is 12.0. The van der Waals surface area contributed by atoms with Gasteiger partial charge in [-0.15, -0.1) is 0 Å². The van der Waals surface area contributed by atoms with Crippen molar-refractivity contribution in [1.29, 1.82) is 0 Å². The van der Waals surface area contributed by atoms with Crippen molar-refractivity contribution in [3.05, 3.63) is 52.8 Å². The van der Waals surface area contributed by atoms with Crippen LogP contribution in [0.1, 0.15) is 36.4 Å². The maximum absolute atomic E-state index is 12.0. The third kappa shape index (κ3) is 3.47. The van der Waals surface area contributed by atoms with E-state index in [1.54, 1.807) is 13.3 Å². The van der Waals surface area contributed by atoms with Crippen LogP contribution in [0, 0.1) is 6.92 Å². The molecule has 0 bridgehead atoms. The lowest BCUT2D eigenvalue weighted by molar-refractivity contribution is -0.149. The summed E-state index contributed by atoms with van der Waals surface area (Å²) in [6.45, 7) is 5.21. The van der Waals surface area contributed by atoms with Crippen LogP contribution in [-0.2, 0) is 31.9 Å². The summed E-state index contributed by atoms with van der Waals surface area (Å²) in [6.07, 6.45) is 4.89. The number of esters is 2. The van der Waals surface area contributed by atoms with Gasteiger partial charge in [-0.1, -0.05) is 17.7 Å². The second-order valence-corrected chi connectivity index (χ2v) is 5.90. The molecule has 0 unspecified atom stereocenters. The van der Waals surface area contributed by atoms with Crippen LogP contribution < -0.4 is 0 Å². The van der Waals surface area contributed by atoms with E-state index in [0.717, 1.165) is 24.2 Å². The maximum Gasteiger partial charge on any atom is 0.374 e. The molecule has 2 aromatic rings. The number of carbonyl (C=O) groups is 2. The van der Waals surface area contributed by atoms with E-state index in [-0.39, 0.29) is 12.4 Å². The van der Waals surface area contributed by atoms with Crippen molar-refractivity contribution in [3.63, 3.8) is 0 Å². The summed E-state index contributed by atoms with van der Waals surface area (Å²) in [6, 6.07) is 6.31.